The fraction of sp³-hybridized carbons (Fsp3) is 0.481. The number of morpholine rings is 1. The molecule has 2 amide bonds. The Labute approximate surface area is 237 Å². The first kappa shape index (κ1) is 27.5. The summed E-state index contributed by atoms with van der Waals surface area (Å²) in [5, 5.41) is 6.24. The van der Waals surface area contributed by atoms with Gasteiger partial charge in [0, 0.05) is 11.6 Å². The van der Waals surface area contributed by atoms with Crippen molar-refractivity contribution in [2.24, 2.45) is 5.92 Å². The standard InChI is InChI=1S/C27H28F3N5O5S/c1-26(8-13(9-26)27(28,29)30)34-23(36)16-7-20(39-3)31-10-18(16)32-24(37)21-19(38-2)5-4-17-22(21)41-25(33-17)35-14-6-15(35)12-40-11-14/h4-5,7,10,13-15H,6,8-9,11-12H2,1-3H3,(H,32,37)(H,34,36). The number of thiazole rings is 1. The van der Waals surface area contributed by atoms with Crippen LogP contribution in [0.25, 0.3) is 10.2 Å². The van der Waals surface area contributed by atoms with E-state index in [1.165, 1.54) is 37.8 Å². The summed E-state index contributed by atoms with van der Waals surface area (Å²) in [6, 6.07) is 5.29. The van der Waals surface area contributed by atoms with Gasteiger partial charge < -0.3 is 29.7 Å². The van der Waals surface area contributed by atoms with Gasteiger partial charge in [-0.25, -0.2) is 9.97 Å². The summed E-state index contributed by atoms with van der Waals surface area (Å²) in [5.74, 6) is -2.25. The number of anilines is 2. The molecule has 2 saturated heterocycles. The number of nitrogens with one attached hydrogen (secondary N) is 2. The van der Waals surface area contributed by atoms with E-state index in [1.807, 2.05) is 0 Å². The Morgan fingerprint density at radius 1 is 1.15 bits per heavy atom. The normalized spacial score (nSPS) is 25.2. The lowest BCUT2D eigenvalue weighted by molar-refractivity contribution is -0.208. The second kappa shape index (κ2) is 10.0. The number of ether oxygens (including phenoxy) is 3. The van der Waals surface area contributed by atoms with E-state index in [1.54, 1.807) is 19.1 Å². The van der Waals surface area contributed by atoms with E-state index in [0.29, 0.717) is 29.2 Å². The van der Waals surface area contributed by atoms with Crippen molar-refractivity contribution in [3.8, 4) is 11.6 Å². The molecule has 3 aromatic rings. The molecule has 1 aromatic carbocycles. The lowest BCUT2D eigenvalue weighted by atomic mass is 9.69. The molecule has 3 fully saturated rings. The second-order valence-corrected chi connectivity index (χ2v) is 11.8. The van der Waals surface area contributed by atoms with E-state index in [2.05, 4.69) is 20.5 Å². The Bertz CT molecular complexity index is 1510. The van der Waals surface area contributed by atoms with Crippen molar-refractivity contribution in [3.63, 3.8) is 0 Å². The van der Waals surface area contributed by atoms with Crippen LogP contribution in [0.2, 0.25) is 0 Å². The van der Waals surface area contributed by atoms with Gasteiger partial charge in [0.25, 0.3) is 11.8 Å². The SMILES string of the molecule is COc1cc(C(=O)NC2(C)CC(C(F)(F)F)C2)c(NC(=O)c2c(OC)ccc3nc(N4C5COCC4C5)sc23)cn1. The van der Waals surface area contributed by atoms with Crippen molar-refractivity contribution >= 4 is 44.2 Å². The molecule has 1 aliphatic carbocycles. The Morgan fingerprint density at radius 2 is 1.88 bits per heavy atom. The number of aromatic nitrogens is 2. The number of carbonyl (C=O) groups excluding carboxylic acids is 2. The van der Waals surface area contributed by atoms with Crippen molar-refractivity contribution < 1.29 is 37.0 Å². The Balaban J connectivity index is 1.28. The fourth-order valence-electron chi connectivity index (χ4n) is 5.83. The predicted octanol–water partition coefficient (Wildman–Crippen LogP) is 4.40. The lowest BCUT2D eigenvalue weighted by Gasteiger charge is -2.52. The van der Waals surface area contributed by atoms with Gasteiger partial charge in [0.1, 0.15) is 11.3 Å². The molecule has 2 N–H and O–H groups in total. The number of methoxy groups -OCH3 is 2. The quantitative estimate of drug-likeness (QED) is 0.416. The van der Waals surface area contributed by atoms with Crippen LogP contribution in [0, 0.1) is 5.92 Å². The third kappa shape index (κ3) is 4.92. The molecule has 0 spiro atoms. The zero-order valence-electron chi connectivity index (χ0n) is 22.5. The fourth-order valence-corrected chi connectivity index (χ4v) is 7.07. The number of hydrogen-bond donors (Lipinski definition) is 2. The molecule has 3 aliphatic rings. The number of alkyl halides is 3. The molecular formula is C27H28F3N5O5S. The molecule has 10 nitrogen and oxygen atoms in total. The third-order valence-corrected chi connectivity index (χ3v) is 9.08. The highest BCUT2D eigenvalue weighted by Gasteiger charge is 2.54. The first-order chi connectivity index (χ1) is 19.5. The average Bonchev–Trinajstić information content (AvgIpc) is 3.33. The van der Waals surface area contributed by atoms with Crippen LogP contribution in [0.4, 0.5) is 24.0 Å². The summed E-state index contributed by atoms with van der Waals surface area (Å²) in [6.45, 7) is 2.83. The molecule has 1 saturated carbocycles. The number of rotatable bonds is 7. The molecule has 14 heteroatoms. The zero-order chi connectivity index (χ0) is 29.1. The van der Waals surface area contributed by atoms with Crippen molar-refractivity contribution in [1.82, 2.24) is 15.3 Å². The number of carbonyl (C=O) groups is 2. The van der Waals surface area contributed by atoms with E-state index >= 15 is 0 Å². The van der Waals surface area contributed by atoms with Crippen LogP contribution in [-0.4, -0.2) is 73.0 Å². The van der Waals surface area contributed by atoms with Gasteiger partial charge in [-0.2, -0.15) is 13.2 Å². The van der Waals surface area contributed by atoms with Crippen LogP contribution in [0.5, 0.6) is 11.6 Å². The highest BCUT2D eigenvalue weighted by molar-refractivity contribution is 7.22. The average molecular weight is 592 g/mol. The van der Waals surface area contributed by atoms with E-state index < -0.39 is 29.4 Å². The largest absolute Gasteiger partial charge is 0.496 e. The van der Waals surface area contributed by atoms with Gasteiger partial charge in [-0.1, -0.05) is 11.3 Å². The minimum Gasteiger partial charge on any atom is -0.496 e. The summed E-state index contributed by atoms with van der Waals surface area (Å²) in [5.41, 5.74) is -0.0850. The van der Waals surface area contributed by atoms with Gasteiger partial charge >= 0.3 is 6.18 Å². The first-order valence-corrected chi connectivity index (χ1v) is 13.9. The number of nitrogens with zero attached hydrogens (tertiary/aromatic N) is 3. The molecule has 2 aliphatic heterocycles. The van der Waals surface area contributed by atoms with Gasteiger partial charge in [0.05, 0.1) is 73.1 Å². The number of halogens is 3. The zero-order valence-corrected chi connectivity index (χ0v) is 23.3. The molecule has 6 rings (SSSR count). The summed E-state index contributed by atoms with van der Waals surface area (Å²) in [7, 11) is 2.83. The lowest BCUT2D eigenvalue weighted by Crippen LogP contribution is -2.64. The van der Waals surface area contributed by atoms with Crippen molar-refractivity contribution in [1.29, 1.82) is 0 Å². The van der Waals surface area contributed by atoms with Gasteiger partial charge in [-0.15, -0.1) is 0 Å². The maximum absolute atomic E-state index is 13.7. The van der Waals surface area contributed by atoms with Crippen LogP contribution in [0.3, 0.4) is 0 Å². The van der Waals surface area contributed by atoms with Crippen LogP contribution < -0.4 is 25.0 Å². The topological polar surface area (TPSA) is 115 Å². The van der Waals surface area contributed by atoms with E-state index in [-0.39, 0.29) is 47.6 Å². The molecule has 0 radical (unpaired) electrons. The maximum Gasteiger partial charge on any atom is 0.391 e. The highest BCUT2D eigenvalue weighted by Crippen LogP contribution is 2.47. The Hall–Kier alpha value is -3.65. The monoisotopic (exact) mass is 591 g/mol. The Morgan fingerprint density at radius 3 is 2.51 bits per heavy atom. The van der Waals surface area contributed by atoms with Crippen molar-refractivity contribution in [2.75, 3.05) is 37.7 Å². The molecule has 2 unspecified atom stereocenters. The summed E-state index contributed by atoms with van der Waals surface area (Å²) in [4.78, 5) is 38.1. The number of amides is 2. The number of benzene rings is 1. The van der Waals surface area contributed by atoms with Gasteiger partial charge in [-0.05, 0) is 38.3 Å². The second-order valence-electron chi connectivity index (χ2n) is 10.9. The van der Waals surface area contributed by atoms with Crippen LogP contribution >= 0.6 is 11.3 Å². The van der Waals surface area contributed by atoms with Crippen LogP contribution in [-0.2, 0) is 4.74 Å². The number of fused-ring (bicyclic) bond motifs is 3. The summed E-state index contributed by atoms with van der Waals surface area (Å²) >= 11 is 1.38. The van der Waals surface area contributed by atoms with Gasteiger partial charge in [-0.3, -0.25) is 9.59 Å². The first-order valence-electron chi connectivity index (χ1n) is 13.1. The summed E-state index contributed by atoms with van der Waals surface area (Å²) in [6.07, 6.45) is -2.47. The molecular weight excluding hydrogens is 563 g/mol. The molecule has 218 valence electrons. The molecule has 2 bridgehead atoms. The number of pyridine rings is 1. The molecule has 2 atom stereocenters. The minimum absolute atomic E-state index is 0.00595. The molecule has 2 aromatic heterocycles. The Kier molecular flexibility index (Phi) is 6.72. The molecule has 4 heterocycles. The van der Waals surface area contributed by atoms with E-state index in [4.69, 9.17) is 19.2 Å². The van der Waals surface area contributed by atoms with Gasteiger partial charge in [0.2, 0.25) is 5.88 Å². The molecule has 41 heavy (non-hydrogen) atoms. The van der Waals surface area contributed by atoms with Crippen molar-refractivity contribution in [3.05, 3.63) is 35.5 Å². The smallest absolute Gasteiger partial charge is 0.391 e. The van der Waals surface area contributed by atoms with Crippen LogP contribution in [0.15, 0.2) is 24.4 Å². The maximum atomic E-state index is 13.7. The predicted molar refractivity (Wildman–Crippen MR) is 145 cm³/mol. The third-order valence-electron chi connectivity index (χ3n) is 7.98. The van der Waals surface area contributed by atoms with E-state index in [9.17, 15) is 22.8 Å². The van der Waals surface area contributed by atoms with Gasteiger partial charge in [0.15, 0.2) is 5.13 Å². The number of hydrogen-bond acceptors (Lipinski definition) is 9. The highest BCUT2D eigenvalue weighted by atomic mass is 32.1. The minimum atomic E-state index is -4.32. The van der Waals surface area contributed by atoms with Crippen LogP contribution in [0.1, 0.15) is 46.9 Å². The van der Waals surface area contributed by atoms with E-state index in [0.717, 1.165) is 11.6 Å². The summed E-state index contributed by atoms with van der Waals surface area (Å²) < 4.78 is 56.1. The van der Waals surface area contributed by atoms with Crippen molar-refractivity contribution in [2.45, 2.75) is 50.0 Å².